The Morgan fingerprint density at radius 1 is 0.700 bits per heavy atom. The van der Waals surface area contributed by atoms with Crippen LogP contribution in [0.3, 0.4) is 0 Å². The predicted molar refractivity (Wildman–Crippen MR) is 124 cm³/mol. The molecule has 0 atom stereocenters. The lowest BCUT2D eigenvalue weighted by molar-refractivity contribution is 0.211. The summed E-state index contributed by atoms with van der Waals surface area (Å²) in [6.07, 6.45) is -0.426. The van der Waals surface area contributed by atoms with Gasteiger partial charge >= 0.3 is 6.09 Å². The van der Waals surface area contributed by atoms with Crippen LogP contribution >= 0.6 is 0 Å². The van der Waals surface area contributed by atoms with Crippen molar-refractivity contribution < 1.29 is 9.53 Å². The van der Waals surface area contributed by atoms with E-state index in [1.165, 1.54) is 0 Å². The van der Waals surface area contributed by atoms with Crippen LogP contribution in [-0.4, -0.2) is 6.09 Å². The molecule has 4 aromatic rings. The first-order valence-electron chi connectivity index (χ1n) is 10.1. The van der Waals surface area contributed by atoms with Gasteiger partial charge in [-0.25, -0.2) is 9.69 Å². The summed E-state index contributed by atoms with van der Waals surface area (Å²) in [5.41, 5.74) is 5.98. The Balaban J connectivity index is 1.81. The molecule has 0 aromatic heterocycles. The lowest BCUT2D eigenvalue weighted by atomic mass is 10.1. The lowest BCUT2D eigenvalue weighted by Crippen LogP contribution is -2.30. The number of hydrogen-bond donors (Lipinski definition) is 0. The Morgan fingerprint density at radius 3 is 1.87 bits per heavy atom. The first-order valence-corrected chi connectivity index (χ1v) is 10.1. The quantitative estimate of drug-likeness (QED) is 0.361. The molecule has 0 N–H and O–H groups in total. The Kier molecular flexibility index (Phi) is 5.28. The van der Waals surface area contributed by atoms with Crippen molar-refractivity contribution in [2.45, 2.75) is 27.7 Å². The molecule has 150 valence electrons. The van der Waals surface area contributed by atoms with Gasteiger partial charge < -0.3 is 4.74 Å². The topological polar surface area (TPSA) is 29.5 Å². The fourth-order valence-corrected chi connectivity index (χ4v) is 3.86. The van der Waals surface area contributed by atoms with Crippen LogP contribution in [0.2, 0.25) is 0 Å². The molecule has 4 rings (SSSR count). The van der Waals surface area contributed by atoms with Crippen molar-refractivity contribution in [2.75, 3.05) is 4.90 Å². The van der Waals surface area contributed by atoms with Gasteiger partial charge in [-0.1, -0.05) is 71.8 Å². The molecule has 3 nitrogen and oxygen atoms in total. The second-order valence-corrected chi connectivity index (χ2v) is 7.76. The van der Waals surface area contributed by atoms with Gasteiger partial charge in [0.2, 0.25) is 0 Å². The van der Waals surface area contributed by atoms with Gasteiger partial charge in [0, 0.05) is 5.39 Å². The van der Waals surface area contributed by atoms with Crippen LogP contribution in [0.25, 0.3) is 10.8 Å². The summed E-state index contributed by atoms with van der Waals surface area (Å²) >= 11 is 0. The van der Waals surface area contributed by atoms with Gasteiger partial charge in [-0.15, -0.1) is 0 Å². The summed E-state index contributed by atoms with van der Waals surface area (Å²) in [6.45, 7) is 8.13. The highest BCUT2D eigenvalue weighted by molar-refractivity contribution is 6.00. The van der Waals surface area contributed by atoms with Gasteiger partial charge in [-0.05, 0) is 62.4 Å². The zero-order valence-corrected chi connectivity index (χ0v) is 17.8. The molecule has 1 amide bonds. The normalized spacial score (nSPS) is 10.8. The Labute approximate surface area is 177 Å². The number of nitrogens with zero attached hydrogens (tertiary/aromatic N) is 1. The zero-order chi connectivity index (χ0) is 21.3. The molecule has 0 radical (unpaired) electrons. The van der Waals surface area contributed by atoms with Crippen LogP contribution < -0.4 is 9.64 Å². The van der Waals surface area contributed by atoms with E-state index in [2.05, 4.69) is 12.1 Å². The zero-order valence-electron chi connectivity index (χ0n) is 17.8. The van der Waals surface area contributed by atoms with Crippen molar-refractivity contribution in [3.8, 4) is 5.75 Å². The third-order valence-corrected chi connectivity index (χ3v) is 5.32. The third kappa shape index (κ3) is 3.79. The standard InChI is InChI=1S/C27H25NO2/c1-18-12-14-24(20(3)16-18)28(25-15-13-19(2)17-21(25)4)27(29)30-26-11-7-9-22-8-5-6-10-23(22)26/h5-17H,1-4H3. The van der Waals surface area contributed by atoms with E-state index in [4.69, 9.17) is 4.74 Å². The maximum atomic E-state index is 13.5. The number of aryl methyl sites for hydroxylation is 4. The number of amides is 1. The molecule has 0 aliphatic rings. The second-order valence-electron chi connectivity index (χ2n) is 7.76. The molecule has 30 heavy (non-hydrogen) atoms. The Hall–Kier alpha value is -3.59. The van der Waals surface area contributed by atoms with E-state index in [1.54, 1.807) is 4.90 Å². The predicted octanol–water partition coefficient (Wildman–Crippen LogP) is 7.41. The first kappa shape index (κ1) is 19.7. The molecule has 0 bridgehead atoms. The molecule has 0 saturated heterocycles. The number of fused-ring (bicyclic) bond motifs is 1. The molecule has 3 heteroatoms. The van der Waals surface area contributed by atoms with Crippen molar-refractivity contribution in [2.24, 2.45) is 0 Å². The number of ether oxygens (including phenoxy) is 1. The smallest absolute Gasteiger partial charge is 0.409 e. The molecule has 0 heterocycles. The van der Waals surface area contributed by atoms with Gasteiger partial charge in [0.1, 0.15) is 5.75 Å². The highest BCUT2D eigenvalue weighted by Gasteiger charge is 2.24. The van der Waals surface area contributed by atoms with Crippen LogP contribution in [0.15, 0.2) is 78.9 Å². The van der Waals surface area contributed by atoms with E-state index in [0.717, 1.165) is 44.4 Å². The van der Waals surface area contributed by atoms with Gasteiger partial charge in [0.25, 0.3) is 0 Å². The number of anilines is 2. The van der Waals surface area contributed by atoms with E-state index in [0.29, 0.717) is 5.75 Å². The minimum atomic E-state index is -0.426. The number of rotatable bonds is 3. The fraction of sp³-hybridized carbons (Fsp3) is 0.148. The van der Waals surface area contributed by atoms with Crippen molar-refractivity contribution in [1.29, 1.82) is 0 Å². The SMILES string of the molecule is Cc1ccc(N(C(=O)Oc2cccc3ccccc23)c2ccc(C)cc2C)c(C)c1. The molecule has 0 aliphatic heterocycles. The van der Waals surface area contributed by atoms with Gasteiger partial charge in [0.15, 0.2) is 0 Å². The maximum Gasteiger partial charge on any atom is 0.424 e. The Morgan fingerprint density at radius 2 is 1.27 bits per heavy atom. The monoisotopic (exact) mass is 395 g/mol. The number of carbonyl (C=O) groups is 1. The van der Waals surface area contributed by atoms with E-state index >= 15 is 0 Å². The lowest BCUT2D eigenvalue weighted by Gasteiger charge is -2.26. The minimum Gasteiger partial charge on any atom is -0.409 e. The van der Waals surface area contributed by atoms with Crippen LogP contribution in [-0.2, 0) is 0 Å². The van der Waals surface area contributed by atoms with Crippen molar-refractivity contribution in [3.05, 3.63) is 101 Å². The number of hydrogen-bond acceptors (Lipinski definition) is 2. The van der Waals surface area contributed by atoms with Crippen molar-refractivity contribution in [1.82, 2.24) is 0 Å². The Bertz CT molecular complexity index is 1190. The van der Waals surface area contributed by atoms with Crippen LogP contribution in [0.5, 0.6) is 5.75 Å². The second kappa shape index (κ2) is 8.03. The molecule has 0 saturated carbocycles. The average molecular weight is 396 g/mol. The molecule has 0 aliphatic carbocycles. The van der Waals surface area contributed by atoms with E-state index in [1.807, 2.05) is 94.4 Å². The first-order chi connectivity index (χ1) is 14.4. The van der Waals surface area contributed by atoms with Crippen LogP contribution in [0, 0.1) is 27.7 Å². The summed E-state index contributed by atoms with van der Waals surface area (Å²) < 4.78 is 5.96. The van der Waals surface area contributed by atoms with Crippen LogP contribution in [0.4, 0.5) is 16.2 Å². The summed E-state index contributed by atoms with van der Waals surface area (Å²) in [7, 11) is 0. The molecule has 0 fully saturated rings. The minimum absolute atomic E-state index is 0.426. The largest absolute Gasteiger partial charge is 0.424 e. The number of benzene rings is 4. The average Bonchev–Trinajstić information content (AvgIpc) is 2.71. The fourth-order valence-electron chi connectivity index (χ4n) is 3.86. The summed E-state index contributed by atoms with van der Waals surface area (Å²) in [6, 6.07) is 25.8. The summed E-state index contributed by atoms with van der Waals surface area (Å²) in [5.74, 6) is 0.553. The van der Waals surface area contributed by atoms with E-state index in [9.17, 15) is 4.79 Å². The van der Waals surface area contributed by atoms with Crippen molar-refractivity contribution in [3.63, 3.8) is 0 Å². The maximum absolute atomic E-state index is 13.5. The van der Waals surface area contributed by atoms with Gasteiger partial charge in [0.05, 0.1) is 11.4 Å². The van der Waals surface area contributed by atoms with E-state index < -0.39 is 6.09 Å². The molecule has 4 aromatic carbocycles. The number of carbonyl (C=O) groups excluding carboxylic acids is 1. The van der Waals surface area contributed by atoms with Crippen molar-refractivity contribution >= 4 is 28.2 Å². The molecular formula is C27H25NO2. The highest BCUT2D eigenvalue weighted by Crippen LogP contribution is 2.34. The summed E-state index contributed by atoms with van der Waals surface area (Å²) in [4.78, 5) is 15.2. The van der Waals surface area contributed by atoms with E-state index in [-0.39, 0.29) is 0 Å². The van der Waals surface area contributed by atoms with Gasteiger partial charge in [-0.3, -0.25) is 0 Å². The molecule has 0 unspecified atom stereocenters. The third-order valence-electron chi connectivity index (χ3n) is 5.32. The summed E-state index contributed by atoms with van der Waals surface area (Å²) in [5, 5.41) is 1.95. The van der Waals surface area contributed by atoms with Gasteiger partial charge in [-0.2, -0.15) is 0 Å². The molecular weight excluding hydrogens is 370 g/mol. The highest BCUT2D eigenvalue weighted by atomic mass is 16.6. The molecule has 0 spiro atoms. The van der Waals surface area contributed by atoms with Crippen LogP contribution in [0.1, 0.15) is 22.3 Å².